The Balaban J connectivity index is 1.66. The topological polar surface area (TPSA) is 83.7 Å². The Bertz CT molecular complexity index is 975. The van der Waals surface area contributed by atoms with Gasteiger partial charge in [-0.05, 0) is 41.3 Å². The van der Waals surface area contributed by atoms with Crippen LogP contribution in [0.15, 0.2) is 76.4 Å². The van der Waals surface area contributed by atoms with Gasteiger partial charge in [0.05, 0.1) is 23.7 Å². The lowest BCUT2D eigenvalue weighted by Crippen LogP contribution is -2.21. The summed E-state index contributed by atoms with van der Waals surface area (Å²) in [5, 5.41) is 6.68. The van der Waals surface area contributed by atoms with Crippen LogP contribution in [-0.4, -0.2) is 18.0 Å². The third-order valence-corrected chi connectivity index (χ3v) is 4.15. The molecular formula is C22H21N3O3. The molecule has 2 aromatic carbocycles. The molecule has 0 fully saturated rings. The molecule has 0 unspecified atom stereocenters. The van der Waals surface area contributed by atoms with Gasteiger partial charge in [0.1, 0.15) is 0 Å². The van der Waals surface area contributed by atoms with Gasteiger partial charge in [-0.15, -0.1) is 0 Å². The van der Waals surface area contributed by atoms with Crippen molar-refractivity contribution in [3.63, 3.8) is 0 Å². The van der Waals surface area contributed by atoms with Crippen LogP contribution in [0.5, 0.6) is 0 Å². The van der Waals surface area contributed by atoms with E-state index in [9.17, 15) is 9.59 Å². The van der Waals surface area contributed by atoms with Gasteiger partial charge in [0, 0.05) is 0 Å². The van der Waals surface area contributed by atoms with Crippen LogP contribution in [-0.2, 0) is 0 Å². The molecule has 6 nitrogen and oxygen atoms in total. The minimum absolute atomic E-state index is 0.165. The third-order valence-electron chi connectivity index (χ3n) is 4.15. The van der Waals surface area contributed by atoms with Gasteiger partial charge in [-0.2, -0.15) is 5.10 Å². The van der Waals surface area contributed by atoms with Gasteiger partial charge in [0.2, 0.25) is 0 Å². The molecule has 0 radical (unpaired) electrons. The summed E-state index contributed by atoms with van der Waals surface area (Å²) in [5.74, 6) is -0.235. The van der Waals surface area contributed by atoms with Gasteiger partial charge >= 0.3 is 0 Å². The van der Waals surface area contributed by atoms with E-state index < -0.39 is 11.8 Å². The zero-order valence-electron chi connectivity index (χ0n) is 15.7. The van der Waals surface area contributed by atoms with Crippen molar-refractivity contribution in [1.29, 1.82) is 0 Å². The van der Waals surface area contributed by atoms with Crippen LogP contribution < -0.4 is 10.7 Å². The van der Waals surface area contributed by atoms with E-state index >= 15 is 0 Å². The van der Waals surface area contributed by atoms with Crippen LogP contribution in [0.3, 0.4) is 0 Å². The normalized spacial score (nSPS) is 11.0. The number of benzene rings is 2. The van der Waals surface area contributed by atoms with Gasteiger partial charge in [-0.25, -0.2) is 5.43 Å². The second-order valence-corrected chi connectivity index (χ2v) is 6.50. The Morgan fingerprint density at radius 1 is 0.964 bits per heavy atom. The standard InChI is InChI=1S/C22H21N3O3/c1-15(2)17-11-9-16(10-12-17)14-23-25-21(26)18-6-3-4-7-19(18)24-22(27)20-8-5-13-28-20/h3-15H,1-2H3,(H,24,27)(H,25,26)/b23-14+. The molecule has 142 valence electrons. The molecule has 0 spiro atoms. The van der Waals surface area contributed by atoms with E-state index in [0.29, 0.717) is 17.2 Å². The Morgan fingerprint density at radius 2 is 1.71 bits per heavy atom. The maximum Gasteiger partial charge on any atom is 0.291 e. The highest BCUT2D eigenvalue weighted by molar-refractivity contribution is 6.07. The fourth-order valence-electron chi connectivity index (χ4n) is 2.57. The number of carbonyl (C=O) groups is 2. The number of anilines is 1. The molecule has 28 heavy (non-hydrogen) atoms. The van der Waals surface area contributed by atoms with Crippen molar-refractivity contribution in [1.82, 2.24) is 5.43 Å². The van der Waals surface area contributed by atoms with Crippen LogP contribution in [0.2, 0.25) is 0 Å². The van der Waals surface area contributed by atoms with E-state index in [1.807, 2.05) is 24.3 Å². The van der Waals surface area contributed by atoms with Gasteiger partial charge in [-0.1, -0.05) is 50.2 Å². The number of hydrazone groups is 1. The molecule has 1 aromatic heterocycles. The quantitative estimate of drug-likeness (QED) is 0.494. The first-order chi connectivity index (χ1) is 13.5. The van der Waals surface area contributed by atoms with E-state index in [-0.39, 0.29) is 5.76 Å². The molecular weight excluding hydrogens is 354 g/mol. The summed E-state index contributed by atoms with van der Waals surface area (Å²) in [6, 6.07) is 17.8. The summed E-state index contributed by atoms with van der Waals surface area (Å²) in [4.78, 5) is 24.6. The van der Waals surface area contributed by atoms with Crippen molar-refractivity contribution in [2.45, 2.75) is 19.8 Å². The lowest BCUT2D eigenvalue weighted by atomic mass is 10.0. The fourth-order valence-corrected chi connectivity index (χ4v) is 2.57. The molecule has 0 aliphatic carbocycles. The summed E-state index contributed by atoms with van der Waals surface area (Å²) in [5.41, 5.74) is 5.28. The first-order valence-electron chi connectivity index (χ1n) is 8.92. The van der Waals surface area contributed by atoms with Crippen LogP contribution >= 0.6 is 0 Å². The molecule has 3 aromatic rings. The van der Waals surface area contributed by atoms with Crippen molar-refractivity contribution < 1.29 is 14.0 Å². The largest absolute Gasteiger partial charge is 0.459 e. The van der Waals surface area contributed by atoms with Gasteiger partial charge in [-0.3, -0.25) is 9.59 Å². The number of hydrogen-bond donors (Lipinski definition) is 2. The highest BCUT2D eigenvalue weighted by atomic mass is 16.3. The second-order valence-electron chi connectivity index (χ2n) is 6.50. The van der Waals surface area contributed by atoms with Crippen molar-refractivity contribution in [2.24, 2.45) is 5.10 Å². The van der Waals surface area contributed by atoms with Crippen molar-refractivity contribution >= 4 is 23.7 Å². The second kappa shape index (κ2) is 8.81. The minimum Gasteiger partial charge on any atom is -0.459 e. The van der Waals surface area contributed by atoms with Gasteiger partial charge in [0.25, 0.3) is 11.8 Å². The van der Waals surface area contributed by atoms with Crippen molar-refractivity contribution in [3.05, 3.63) is 89.4 Å². The summed E-state index contributed by atoms with van der Waals surface area (Å²) < 4.78 is 5.07. The number of nitrogens with zero attached hydrogens (tertiary/aromatic N) is 1. The highest BCUT2D eigenvalue weighted by Gasteiger charge is 2.15. The molecule has 1 heterocycles. The number of nitrogens with one attached hydrogen (secondary N) is 2. The molecule has 2 N–H and O–H groups in total. The lowest BCUT2D eigenvalue weighted by molar-refractivity contribution is 0.0956. The molecule has 0 saturated carbocycles. The molecule has 0 aliphatic heterocycles. The molecule has 3 rings (SSSR count). The Kier molecular flexibility index (Phi) is 6.01. The summed E-state index contributed by atoms with van der Waals surface area (Å²) >= 11 is 0. The van der Waals surface area contributed by atoms with Crippen molar-refractivity contribution in [3.8, 4) is 0 Å². The zero-order valence-corrected chi connectivity index (χ0v) is 15.7. The average molecular weight is 375 g/mol. The van der Waals surface area contributed by atoms with E-state index in [2.05, 4.69) is 29.7 Å². The maximum atomic E-state index is 12.5. The van der Waals surface area contributed by atoms with Crippen molar-refractivity contribution in [2.75, 3.05) is 5.32 Å². The molecule has 6 heteroatoms. The summed E-state index contributed by atoms with van der Waals surface area (Å²) in [6.45, 7) is 4.26. The lowest BCUT2D eigenvalue weighted by Gasteiger charge is -2.09. The zero-order chi connectivity index (χ0) is 19.9. The number of carbonyl (C=O) groups excluding carboxylic acids is 2. The maximum absolute atomic E-state index is 12.5. The van der Waals surface area contributed by atoms with Gasteiger partial charge < -0.3 is 9.73 Å². The number of furan rings is 1. The van der Waals surface area contributed by atoms with Crippen LogP contribution in [0.25, 0.3) is 0 Å². The van der Waals surface area contributed by atoms with E-state index in [4.69, 9.17) is 4.42 Å². The fraction of sp³-hybridized carbons (Fsp3) is 0.136. The monoisotopic (exact) mass is 375 g/mol. The molecule has 0 aliphatic rings. The predicted molar refractivity (Wildman–Crippen MR) is 109 cm³/mol. The van der Waals surface area contributed by atoms with Crippen LogP contribution in [0.1, 0.15) is 51.8 Å². The molecule has 0 atom stereocenters. The Morgan fingerprint density at radius 3 is 2.39 bits per heavy atom. The van der Waals surface area contributed by atoms with Gasteiger partial charge in [0.15, 0.2) is 5.76 Å². The number of para-hydroxylation sites is 1. The summed E-state index contributed by atoms with van der Waals surface area (Å²) in [7, 11) is 0. The minimum atomic E-state index is -0.431. The van der Waals surface area contributed by atoms with E-state index in [1.54, 1.807) is 42.6 Å². The molecule has 0 saturated heterocycles. The van der Waals surface area contributed by atoms with Crippen LogP contribution in [0.4, 0.5) is 5.69 Å². The number of amides is 2. The predicted octanol–water partition coefficient (Wildman–Crippen LogP) is 4.42. The summed E-state index contributed by atoms with van der Waals surface area (Å²) in [6.07, 6.45) is 2.99. The first-order valence-corrected chi connectivity index (χ1v) is 8.92. The number of hydrogen-bond acceptors (Lipinski definition) is 4. The SMILES string of the molecule is CC(C)c1ccc(/C=N/NC(=O)c2ccccc2NC(=O)c2ccco2)cc1. The highest BCUT2D eigenvalue weighted by Crippen LogP contribution is 2.17. The third kappa shape index (κ3) is 4.73. The van der Waals surface area contributed by atoms with Crippen LogP contribution in [0, 0.1) is 0 Å². The average Bonchev–Trinajstić information content (AvgIpc) is 3.24. The molecule has 2 amide bonds. The smallest absolute Gasteiger partial charge is 0.291 e. The molecule has 0 bridgehead atoms. The Labute approximate surface area is 163 Å². The van der Waals surface area contributed by atoms with E-state index in [1.165, 1.54) is 11.8 Å². The number of rotatable bonds is 6. The Hall–Kier alpha value is -3.67. The first kappa shape index (κ1) is 19.1. The van der Waals surface area contributed by atoms with E-state index in [0.717, 1.165) is 5.56 Å².